The van der Waals surface area contributed by atoms with Crippen molar-refractivity contribution >= 4 is 78.2 Å². The first kappa shape index (κ1) is 57.5. The van der Waals surface area contributed by atoms with Gasteiger partial charge in [0.15, 0.2) is 23.3 Å². The van der Waals surface area contributed by atoms with Crippen molar-refractivity contribution in [2.24, 2.45) is 27.2 Å². The fraction of sp³-hybridized carbons (Fsp3) is 0.217. The largest absolute Gasteiger partial charge is 0.497 e. The van der Waals surface area contributed by atoms with E-state index in [1.165, 1.54) is 36.4 Å². The van der Waals surface area contributed by atoms with Crippen LogP contribution in [-0.4, -0.2) is 104 Å². The van der Waals surface area contributed by atoms with E-state index < -0.39 is 23.1 Å². The molecule has 4 aromatic heterocycles. The van der Waals surface area contributed by atoms with Crippen molar-refractivity contribution < 1.29 is 46.1 Å². The van der Waals surface area contributed by atoms with Gasteiger partial charge in [-0.3, -0.25) is 33.9 Å². The Morgan fingerprint density at radius 2 is 1.09 bits per heavy atom. The molecule has 1 amide bonds. The van der Waals surface area contributed by atoms with Gasteiger partial charge in [0.05, 0.1) is 41.0 Å². The zero-order valence-electron chi connectivity index (χ0n) is 40.4. The summed E-state index contributed by atoms with van der Waals surface area (Å²) in [7, 11) is 3.17. The molecule has 0 saturated carbocycles. The summed E-state index contributed by atoms with van der Waals surface area (Å²) in [6, 6.07) is 22.4. The Labute approximate surface area is 455 Å². The summed E-state index contributed by atoms with van der Waals surface area (Å²) >= 11 is 11.4. The van der Waals surface area contributed by atoms with E-state index in [0.717, 1.165) is 26.0 Å². The number of halogens is 5. The smallest absolute Gasteiger partial charge is 0.446 e. The highest BCUT2D eigenvalue weighted by molar-refractivity contribution is 9.10. The number of aliphatic imine (C=N–C) groups is 2. The lowest BCUT2D eigenvalue weighted by molar-refractivity contribution is -0.119. The molecule has 0 aliphatic carbocycles. The monoisotopic (exact) mass is 1210 g/mol. The summed E-state index contributed by atoms with van der Waals surface area (Å²) in [5.74, 6) is -0.820. The molecule has 0 radical (unpaired) electrons. The predicted octanol–water partition coefficient (Wildman–Crippen LogP) is 5.12. The summed E-state index contributed by atoms with van der Waals surface area (Å²) in [5.41, 5.74) is 18.9. The van der Waals surface area contributed by atoms with Crippen LogP contribution in [0.3, 0.4) is 0 Å². The third-order valence-corrected chi connectivity index (χ3v) is 11.4. The molecule has 4 heterocycles. The quantitative estimate of drug-likeness (QED) is 0.0250. The third kappa shape index (κ3) is 16.6. The average Bonchev–Trinajstić information content (AvgIpc) is 4.24. The first-order chi connectivity index (χ1) is 37.0. The van der Waals surface area contributed by atoms with E-state index in [1.54, 1.807) is 50.6 Å². The van der Waals surface area contributed by atoms with Crippen molar-refractivity contribution in [3.05, 3.63) is 138 Å². The van der Waals surface area contributed by atoms with Gasteiger partial charge in [-0.05, 0) is 149 Å². The van der Waals surface area contributed by atoms with E-state index in [9.17, 15) is 28.0 Å². The molecule has 0 unspecified atom stereocenters. The van der Waals surface area contributed by atoms with Crippen LogP contribution in [0.2, 0.25) is 0 Å². The Hall–Kier alpha value is -8.77. The first-order valence-electron chi connectivity index (χ1n) is 22.4. The molecule has 9 N–H and O–H groups in total. The molecule has 0 aliphatic heterocycles. The van der Waals surface area contributed by atoms with Crippen LogP contribution in [0.1, 0.15) is 24.0 Å². The van der Waals surface area contributed by atoms with Gasteiger partial charge in [0.25, 0.3) is 0 Å². The number of amides is 1. The maximum atomic E-state index is 13.6. The Morgan fingerprint density at radius 3 is 1.51 bits per heavy atom. The molecule has 0 fully saturated rings. The zero-order valence-corrected chi connectivity index (χ0v) is 44.3. The van der Waals surface area contributed by atoms with Gasteiger partial charge in [0.1, 0.15) is 23.1 Å². The number of aromatic nitrogens is 8. The Morgan fingerprint density at radius 1 is 0.649 bits per heavy atom. The summed E-state index contributed by atoms with van der Waals surface area (Å²) in [5, 5.41) is 30.8. The molecule has 0 aliphatic rings. The van der Waals surface area contributed by atoms with E-state index in [4.69, 9.17) is 56.6 Å². The number of guanidine groups is 2. The van der Waals surface area contributed by atoms with E-state index in [-0.39, 0.29) is 79.5 Å². The molecule has 404 valence electrons. The molecule has 31 heteroatoms. The van der Waals surface area contributed by atoms with Gasteiger partial charge in [0.2, 0.25) is 34.4 Å². The van der Waals surface area contributed by atoms with Crippen LogP contribution in [0, 0.1) is 11.6 Å². The highest BCUT2D eigenvalue weighted by atomic mass is 79.9. The minimum Gasteiger partial charge on any atom is -0.497 e. The second kappa shape index (κ2) is 28.2. The lowest BCUT2D eigenvalue weighted by Gasteiger charge is -2.06. The number of nitrogens with zero attached hydrogens (tertiary/aromatic N) is 10. The number of benzene rings is 4. The van der Waals surface area contributed by atoms with Gasteiger partial charge in [-0.25, -0.2) is 36.8 Å². The number of nitrogens with two attached hydrogens (primary N) is 3. The van der Waals surface area contributed by atoms with Crippen LogP contribution in [0.25, 0.3) is 34.4 Å². The van der Waals surface area contributed by atoms with Gasteiger partial charge < -0.3 is 37.3 Å². The Kier molecular flexibility index (Phi) is 21.1. The number of carbonyl (C=O) groups excluding carboxylic acids is 2. The van der Waals surface area contributed by atoms with Gasteiger partial charge in [0, 0.05) is 32.6 Å². The fourth-order valence-electron chi connectivity index (χ4n) is 6.44. The molecule has 26 nitrogen and oxygen atoms in total. The molecular weight excluding hydrogens is 1170 g/mol. The minimum absolute atomic E-state index is 0.00405. The summed E-state index contributed by atoms with van der Waals surface area (Å²) in [4.78, 5) is 55.0. The summed E-state index contributed by atoms with van der Waals surface area (Å²) in [6.07, 6.45) is 1.54. The van der Waals surface area contributed by atoms with Crippen LogP contribution >= 0.6 is 43.5 Å². The van der Waals surface area contributed by atoms with E-state index in [1.807, 2.05) is 12.1 Å². The molecule has 0 saturated heterocycles. The second-order valence-electron chi connectivity index (χ2n) is 15.4. The van der Waals surface area contributed by atoms with Crippen LogP contribution in [0.4, 0.5) is 20.4 Å². The average molecular weight is 1220 g/mol. The van der Waals surface area contributed by atoms with Crippen molar-refractivity contribution in [3.8, 4) is 45.9 Å². The van der Waals surface area contributed by atoms with Crippen LogP contribution in [0.5, 0.6) is 11.5 Å². The number of rotatable bonds is 20. The second-order valence-corrected chi connectivity index (χ2v) is 17.6. The van der Waals surface area contributed by atoms with Crippen molar-refractivity contribution in [1.29, 1.82) is 0 Å². The van der Waals surface area contributed by atoms with Crippen LogP contribution < -0.4 is 54.1 Å². The van der Waals surface area contributed by atoms with E-state index in [0.29, 0.717) is 56.1 Å². The topological polar surface area (TPSA) is 365 Å². The minimum atomic E-state index is -0.800. The third-order valence-electron chi connectivity index (χ3n) is 10.1. The van der Waals surface area contributed by atoms with Gasteiger partial charge in [-0.1, -0.05) is 34.6 Å². The van der Waals surface area contributed by atoms with Gasteiger partial charge in [-0.2, -0.15) is 0 Å². The molecule has 0 spiro atoms. The number of hydrogen-bond donors (Lipinski definition) is 6. The van der Waals surface area contributed by atoms with Crippen LogP contribution in [-0.2, 0) is 22.4 Å². The maximum absolute atomic E-state index is 13.6. The molecular formula is C46H45Br2ClF2N16O10. The standard InChI is InChI=1S/C23H22BrFN8O5.C14H14BrFN8O3.C9H9ClO2/c1-36-15-6-3-13(4-7-15)11-18(34)29-22(26)28-10-2-9-27-20-19(30-38-31-20)21-32-37-23(35)33(21)14-5-8-17(25)16(24)12-14;15-8-6-7(2-3-9(8)16)24-12(23-26-14(24)25)10-11(22-27-21-10)19-4-1-5-20-13(17)18;1-12-8-4-2-7(3-5-8)6-9(10)11/h3-8,12H,2,9-11H2,1H3,(H,27,31)(H3,26,28,29,34);2-3,6H,1,4-5H2,(H,19,22)(H4,17,18,20);2-5H,6H2,1H3. The first-order valence-corrected chi connectivity index (χ1v) is 24.3. The summed E-state index contributed by atoms with van der Waals surface area (Å²) < 4.78 is 58.8. The van der Waals surface area contributed by atoms with Crippen molar-refractivity contribution in [2.75, 3.05) is 51.0 Å². The van der Waals surface area contributed by atoms with Crippen molar-refractivity contribution in [3.63, 3.8) is 0 Å². The van der Waals surface area contributed by atoms with Crippen molar-refractivity contribution in [1.82, 2.24) is 45.4 Å². The van der Waals surface area contributed by atoms with Gasteiger partial charge >= 0.3 is 11.5 Å². The molecule has 0 bridgehead atoms. The molecule has 0 atom stereocenters. The number of hydrogen-bond acceptors (Lipinski definition) is 20. The lowest BCUT2D eigenvalue weighted by atomic mass is 10.1. The molecule has 8 rings (SSSR count). The fourth-order valence-corrected chi connectivity index (χ4v) is 7.33. The predicted molar refractivity (Wildman–Crippen MR) is 282 cm³/mol. The van der Waals surface area contributed by atoms with Gasteiger partial charge in [-0.15, -0.1) is 0 Å². The lowest BCUT2D eigenvalue weighted by Crippen LogP contribution is -2.37. The zero-order chi connectivity index (χ0) is 55.4. The number of methoxy groups -OCH3 is 2. The molecule has 4 aromatic carbocycles. The normalized spacial score (nSPS) is 10.9. The SMILES string of the molecule is COc1ccc(CC(=O)Cl)cc1.COc1ccc(CC(=O)NC(N)=NCCCNc2nonc2-c2noc(=O)n2-c2ccc(F)c(Br)c2)cc1.NC(N)=NCCCNc1nonc1-c1noc(=O)n1-c1ccc(F)c(Br)c1. The Bertz CT molecular complexity index is 3430. The highest BCUT2D eigenvalue weighted by Gasteiger charge is 2.25. The van der Waals surface area contributed by atoms with E-state index in [2.05, 4.69) is 88.7 Å². The van der Waals surface area contributed by atoms with E-state index >= 15 is 0 Å². The molecule has 77 heavy (non-hydrogen) atoms. The highest BCUT2D eigenvalue weighted by Crippen LogP contribution is 2.28. The summed E-state index contributed by atoms with van der Waals surface area (Å²) in [6.45, 7) is 1.57. The molecule has 8 aromatic rings. The number of anilines is 2. The van der Waals surface area contributed by atoms with Crippen LogP contribution in [0.15, 0.2) is 132 Å². The Balaban J connectivity index is 0.000000213. The number of nitrogens with one attached hydrogen (secondary N) is 3. The number of ether oxygens (including phenoxy) is 2. The van der Waals surface area contributed by atoms with Crippen molar-refractivity contribution in [2.45, 2.75) is 25.7 Å². The maximum Gasteiger partial charge on any atom is 0.446 e. The number of carbonyl (C=O) groups is 2.